The molecule has 11 nitrogen and oxygen atoms in total. The molecule has 2 atom stereocenters. The van der Waals surface area contributed by atoms with Crippen molar-refractivity contribution in [2.24, 2.45) is 0 Å². The van der Waals surface area contributed by atoms with Crippen molar-refractivity contribution in [3.63, 3.8) is 0 Å². The first-order valence-corrected chi connectivity index (χ1v) is 7.93. The number of halogens is 1. The lowest BCUT2D eigenvalue weighted by Crippen LogP contribution is -2.34. The Morgan fingerprint density at radius 2 is 1.50 bits per heavy atom. The zero-order chi connectivity index (χ0) is 52.0. The summed E-state index contributed by atoms with van der Waals surface area (Å²) >= 11 is 3.89. The number of hydrogen-bond donors (Lipinski definition) is 6. The average molecular weight is 543 g/mol. The summed E-state index contributed by atoms with van der Waals surface area (Å²) < 4.78 is 206. The lowest BCUT2D eigenvalue weighted by Gasteiger charge is -2.16. The van der Waals surface area contributed by atoms with Crippen LogP contribution in [0.5, 0.6) is 0 Å². The van der Waals surface area contributed by atoms with E-state index in [0.29, 0.717) is 12.8 Å². The fourth-order valence-corrected chi connectivity index (χ4v) is 1.40. The van der Waals surface area contributed by atoms with Crippen molar-refractivity contribution in [1.82, 2.24) is 21.3 Å². The summed E-state index contributed by atoms with van der Waals surface area (Å²) in [5, 5.41) is 25.8. The van der Waals surface area contributed by atoms with Crippen LogP contribution in [0.25, 0.3) is 0 Å². The maximum absolute atomic E-state index is 11.1. The van der Waals surface area contributed by atoms with E-state index >= 15 is 0 Å². The van der Waals surface area contributed by atoms with Gasteiger partial charge < -0.3 is 37.0 Å². The van der Waals surface area contributed by atoms with Crippen LogP contribution in [-0.4, -0.2) is 107 Å². The topological polar surface area (TPSA) is 188 Å². The van der Waals surface area contributed by atoms with Gasteiger partial charge in [-0.1, -0.05) is 7.43 Å². The van der Waals surface area contributed by atoms with Crippen LogP contribution in [0.3, 0.4) is 0 Å². The molecule has 0 radical (unpaired) electrons. The summed E-state index contributed by atoms with van der Waals surface area (Å²) in [6, 6.07) is 0. The van der Waals surface area contributed by atoms with E-state index in [9.17, 15) is 29.4 Å². The Hall–Kier alpha value is -1.57. The first-order valence-electron chi connectivity index (χ1n) is 22.9. The predicted molar refractivity (Wildman–Crippen MR) is 138 cm³/mol. The minimum atomic E-state index is -3.45. The van der Waals surface area contributed by atoms with E-state index in [1.54, 1.807) is 0 Å². The van der Waals surface area contributed by atoms with Crippen LogP contribution in [0.2, 0.25) is 0 Å². The second kappa shape index (κ2) is 24.6. The second-order valence-corrected chi connectivity index (χ2v) is 4.92. The van der Waals surface area contributed by atoms with E-state index in [1.807, 2.05) is 0 Å². The number of rotatable bonds is 0. The van der Waals surface area contributed by atoms with Gasteiger partial charge in [0.15, 0.2) is 11.6 Å². The summed E-state index contributed by atoms with van der Waals surface area (Å²) in [5.74, 6) is -2.96. The number of hydrogen-bond acceptors (Lipinski definition) is 8. The van der Waals surface area contributed by atoms with Gasteiger partial charge in [-0.25, -0.2) is 0 Å². The maximum Gasteiger partial charge on any atom is 0.220 e. The Balaban J connectivity index is -0.000000357. The smallest absolute Gasteiger partial charge is 0.220 e. The number of aliphatic hydroxyl groups is 2. The fourth-order valence-electron chi connectivity index (χ4n) is 1.40. The van der Waals surface area contributed by atoms with Crippen LogP contribution in [0.1, 0.15) is 91.4 Å². The molecule has 4 fully saturated rings. The van der Waals surface area contributed by atoms with E-state index in [2.05, 4.69) is 23.1 Å². The summed E-state index contributed by atoms with van der Waals surface area (Å²) in [6.45, 7) is -15.0. The minimum Gasteiger partial charge on any atom is -0.412 e. The molecule has 0 aromatic heterocycles. The van der Waals surface area contributed by atoms with Crippen molar-refractivity contribution >= 4 is 44.0 Å². The van der Waals surface area contributed by atoms with E-state index in [-0.39, 0.29) is 25.7 Å². The zero-order valence-corrected chi connectivity index (χ0v) is 17.3. The minimum absolute atomic E-state index is 0. The predicted octanol–water partition coefficient (Wildman–Crippen LogP) is -2.56. The van der Waals surface area contributed by atoms with Crippen LogP contribution in [0.4, 0.5) is 0 Å². The van der Waals surface area contributed by atoms with Crippen molar-refractivity contribution < 1.29 is 67.8 Å². The SMILES string of the molecule is C.O=C1CCC(=O)NC1.[2H]B([2H])[2H].[2H]C1([2H])NC(=O)C([2H])([2H])C([2H])([2H])C1=O.[2H]C1([2H])NC([2H])([2H])C([2H])(O)C([2H])([2H])C1([2H])[2H].[2H]C1([2H])NC([2H])([2H])[C@@]([2H])(O)C([2H])([2H])C1([2H])[2H].[2H]Cl.[2H]O[2H]. The van der Waals surface area contributed by atoms with E-state index in [1.165, 1.54) is 16.0 Å². The highest BCUT2D eigenvalue weighted by Crippen LogP contribution is 1.99. The van der Waals surface area contributed by atoms with Crippen molar-refractivity contribution in [3.8, 4) is 0 Å². The molecule has 1 unspecified atom stereocenters. The Morgan fingerprint density at radius 1 is 0.971 bits per heavy atom. The van der Waals surface area contributed by atoms with Crippen molar-refractivity contribution in [2.45, 2.75) is 70.7 Å². The van der Waals surface area contributed by atoms with Crippen LogP contribution < -0.4 is 21.3 Å². The molecule has 0 aromatic carbocycles. The summed E-state index contributed by atoms with van der Waals surface area (Å²) in [6.07, 6.45) is -25.7. The largest absolute Gasteiger partial charge is 0.412 e. The van der Waals surface area contributed by atoms with Gasteiger partial charge >= 0.3 is 0 Å². The molecule has 4 rings (SSSR count). The van der Waals surface area contributed by atoms with Gasteiger partial charge in [0.05, 0.1) is 39.0 Å². The molecule has 4 aliphatic rings. The average Bonchev–Trinajstić information content (AvgIpc) is 3.08. The third kappa shape index (κ3) is 22.2. The van der Waals surface area contributed by atoms with Crippen LogP contribution in [0, 0.1) is 0 Å². The van der Waals surface area contributed by atoms with Crippen molar-refractivity contribution in [3.05, 3.63) is 0 Å². The second-order valence-electron chi connectivity index (χ2n) is 4.92. The highest BCUT2D eigenvalue weighted by atomic mass is 35.5. The molecule has 4 aliphatic heterocycles. The first-order chi connectivity index (χ1) is 27.4. The van der Waals surface area contributed by atoms with Gasteiger partial charge in [-0.3, -0.25) is 19.2 Å². The van der Waals surface area contributed by atoms with Gasteiger partial charge in [0.2, 0.25) is 14.7 Å². The zero-order valence-electron chi connectivity index (χ0n) is 46.5. The number of piperidine rings is 4. The van der Waals surface area contributed by atoms with Gasteiger partial charge in [0, 0.05) is 66.0 Å². The maximum atomic E-state index is 11.1. The molecule has 4 saturated heterocycles. The summed E-state index contributed by atoms with van der Waals surface area (Å²) in [4.78, 5) is 42.8. The third-order valence-corrected chi connectivity index (χ3v) is 2.67. The summed E-state index contributed by atoms with van der Waals surface area (Å²) in [7, 11) is -1.42. The van der Waals surface area contributed by atoms with Crippen molar-refractivity contribution in [2.75, 3.05) is 39.0 Å². The fraction of sp³-hybridized carbons (Fsp3) is 0.810. The number of ketones is 2. The van der Waals surface area contributed by atoms with Gasteiger partial charge in [0.1, 0.15) is 1.17 Å². The van der Waals surface area contributed by atoms with E-state index < -0.39 is 103 Å². The highest BCUT2D eigenvalue weighted by molar-refractivity contribution is 5.93. The number of nitrogens with one attached hydrogen (secondary N) is 4. The Bertz CT molecular complexity index is 1440. The molecule has 13 heteroatoms. The molecule has 202 valence electrons. The number of β-amino-alcohol motifs (C(OH)–C–C–N with tert-alkyl or cyclic N) is 2. The molecule has 4 heterocycles. The Labute approximate surface area is 252 Å². The molecule has 8 N–H and O–H groups in total. The lowest BCUT2D eigenvalue weighted by atomic mass is 10.1. The van der Waals surface area contributed by atoms with Gasteiger partial charge in [0.25, 0.3) is 0 Å². The monoisotopic (exact) mass is 543 g/mol. The molecular formula is C21H46BClN4O7. The Kier molecular flexibility index (Phi) is 6.78. The van der Waals surface area contributed by atoms with Crippen LogP contribution >= 0.6 is 12.3 Å². The van der Waals surface area contributed by atoms with Crippen LogP contribution in [0.15, 0.2) is 0 Å². The molecule has 0 saturated carbocycles. The standard InChI is InChI=1S/2C5H7NO2.2C5H11NO.CH4.BH3.ClH.H2O/c2*7-4-1-2-5(8)6-3-4;2*7-5-2-1-3-6-4-5;;;;/h2*1-3H2,(H,6,8);2*5-7H,1-4H2;1H4;1H3;1H;1H2/t;;5-;;;;;/m..0...../s1/i1D2,2D2,3D2;;2*1D2,2D2,3D2,4D2,5D;;1D3;;/hD3. The van der Waals surface area contributed by atoms with E-state index in [0.717, 1.165) is 0 Å². The van der Waals surface area contributed by atoms with Gasteiger partial charge in [-0.05, 0) is 42.5 Å². The number of Topliss-reactive ketones (excluding diaryl/α,β-unsaturated/α-hetero) is 2. The molecular weight excluding hydrogens is 467 g/mol. The summed E-state index contributed by atoms with van der Waals surface area (Å²) in [5.41, 5.74) is 2.75. The third-order valence-electron chi connectivity index (χ3n) is 2.67. The molecule has 0 aliphatic carbocycles. The first kappa shape index (κ1) is 9.39. The highest BCUT2D eigenvalue weighted by Gasteiger charge is 2.13. The van der Waals surface area contributed by atoms with Crippen molar-refractivity contribution in [1.29, 1.82) is 8.04 Å². The number of carbonyl (C=O) groups excluding carboxylic acids is 4. The molecule has 0 spiro atoms. The number of carbonyl (C=O) groups is 4. The van der Waals surface area contributed by atoms with E-state index in [4.69, 9.17) is 40.9 Å². The molecule has 2 amide bonds. The molecule has 0 aromatic rings. The number of amides is 2. The Morgan fingerprint density at radius 3 is 1.94 bits per heavy atom. The normalized spacial score (nSPS) is 56.0. The lowest BCUT2D eigenvalue weighted by molar-refractivity contribution is -0.129. The van der Waals surface area contributed by atoms with Gasteiger partial charge in [-0.15, -0.1) is 12.3 Å². The quantitative estimate of drug-likeness (QED) is 0.180. The van der Waals surface area contributed by atoms with Crippen LogP contribution in [-0.2, 0) is 19.2 Å². The van der Waals surface area contributed by atoms with Gasteiger partial charge in [-0.2, -0.15) is 0 Å². The molecule has 0 bridgehead atoms. The molecule has 34 heavy (non-hydrogen) atoms.